The molecule has 4 aromatic carbocycles. The van der Waals surface area contributed by atoms with Gasteiger partial charge in [0.2, 0.25) is 0 Å². The first-order chi connectivity index (χ1) is 18.3. The van der Waals surface area contributed by atoms with Crippen molar-refractivity contribution >= 4 is 65.9 Å². The molecule has 0 spiro atoms. The summed E-state index contributed by atoms with van der Waals surface area (Å²) < 4.78 is 2.30. The topological polar surface area (TPSA) is 65.6 Å². The molecule has 0 unspecified atom stereocenters. The second-order valence-corrected chi connectivity index (χ2v) is 10.6. The van der Waals surface area contributed by atoms with Crippen LogP contribution in [0.25, 0.3) is 41.8 Å². The molecule has 0 bridgehead atoms. The highest BCUT2D eigenvalue weighted by atomic mass is 32.1. The van der Waals surface area contributed by atoms with Crippen LogP contribution in [0.5, 0.6) is 0 Å². The van der Waals surface area contributed by atoms with Crippen molar-refractivity contribution in [1.29, 1.82) is 0 Å². The summed E-state index contributed by atoms with van der Waals surface area (Å²) in [6.45, 7) is 0. The summed E-state index contributed by atoms with van der Waals surface area (Å²) in [5.41, 5.74) is 7.69. The van der Waals surface area contributed by atoms with Gasteiger partial charge >= 0.3 is 0 Å². The van der Waals surface area contributed by atoms with E-state index in [-0.39, 0.29) is 0 Å². The summed E-state index contributed by atoms with van der Waals surface area (Å²) in [5, 5.41) is 9.19. The third-order valence-corrected chi connectivity index (χ3v) is 8.21. The maximum atomic E-state index is 4.99. The average Bonchev–Trinajstić information content (AvgIpc) is 3.65. The Morgan fingerprint density at radius 1 is 0.486 bits per heavy atom. The quantitative estimate of drug-likeness (QED) is 0.207. The first-order valence-corrected chi connectivity index (χ1v) is 13.6. The van der Waals surface area contributed by atoms with Crippen LogP contribution in [0.1, 0.15) is 0 Å². The Balaban J connectivity index is 1.48. The number of fused-ring (bicyclic) bond motifs is 2. The number of para-hydroxylation sites is 4. The fourth-order valence-corrected chi connectivity index (χ4v) is 6.31. The summed E-state index contributed by atoms with van der Waals surface area (Å²) >= 11 is 3.35. The summed E-state index contributed by atoms with van der Waals surface area (Å²) in [6, 6.07) is 36.9. The molecule has 7 rings (SSSR count). The van der Waals surface area contributed by atoms with E-state index in [0.717, 1.165) is 64.6 Å². The van der Waals surface area contributed by atoms with E-state index in [1.54, 1.807) is 22.7 Å². The van der Waals surface area contributed by atoms with Crippen molar-refractivity contribution in [1.82, 2.24) is 15.0 Å². The number of hydrogen-bond donors (Lipinski definition) is 3. The normalized spacial score (nSPS) is 11.2. The number of benzene rings is 4. The molecule has 0 fully saturated rings. The van der Waals surface area contributed by atoms with Crippen LogP contribution in [0.3, 0.4) is 0 Å². The molecule has 7 aromatic rings. The molecule has 3 N–H and O–H groups in total. The lowest BCUT2D eigenvalue weighted by atomic mass is 10.2. The molecule has 3 heterocycles. The van der Waals surface area contributed by atoms with E-state index in [0.29, 0.717) is 0 Å². The fraction of sp³-hybridized carbons (Fsp3) is 0. The molecule has 0 saturated carbocycles. The molecular formula is C30H21N5S2. The SMILES string of the molecule is c1ccc(Nc2c(-c3nc4ccccc4s3)[nH]c(-c3nc4ccccc4s3)c2Nc2ccccc2)cc1. The van der Waals surface area contributed by atoms with Crippen molar-refractivity contribution in [3.63, 3.8) is 0 Å². The first kappa shape index (κ1) is 21.8. The lowest BCUT2D eigenvalue weighted by Crippen LogP contribution is -1.97. The van der Waals surface area contributed by atoms with E-state index in [4.69, 9.17) is 9.97 Å². The number of H-pyrrole nitrogens is 1. The van der Waals surface area contributed by atoms with Crippen LogP contribution in [0.15, 0.2) is 109 Å². The van der Waals surface area contributed by atoms with Gasteiger partial charge in [0.25, 0.3) is 0 Å². The van der Waals surface area contributed by atoms with Crippen molar-refractivity contribution < 1.29 is 0 Å². The third-order valence-electron chi connectivity index (χ3n) is 6.10. The lowest BCUT2D eigenvalue weighted by molar-refractivity contribution is 1.34. The van der Waals surface area contributed by atoms with Crippen LogP contribution < -0.4 is 10.6 Å². The molecule has 0 aliphatic heterocycles. The number of nitrogens with zero attached hydrogens (tertiary/aromatic N) is 2. The first-order valence-electron chi connectivity index (χ1n) is 11.9. The molecular weight excluding hydrogens is 494 g/mol. The Labute approximate surface area is 221 Å². The highest BCUT2D eigenvalue weighted by molar-refractivity contribution is 7.22. The molecule has 0 saturated heterocycles. The van der Waals surface area contributed by atoms with Crippen LogP contribution >= 0.6 is 22.7 Å². The maximum absolute atomic E-state index is 4.99. The van der Waals surface area contributed by atoms with Crippen molar-refractivity contribution in [3.8, 4) is 21.4 Å². The van der Waals surface area contributed by atoms with Gasteiger partial charge in [-0.3, -0.25) is 0 Å². The summed E-state index contributed by atoms with van der Waals surface area (Å²) in [4.78, 5) is 13.7. The molecule has 3 aromatic heterocycles. The van der Waals surface area contributed by atoms with E-state index in [1.807, 2.05) is 48.5 Å². The molecule has 178 valence electrons. The van der Waals surface area contributed by atoms with Gasteiger partial charge in [-0.15, -0.1) is 22.7 Å². The number of thiazole rings is 2. The minimum Gasteiger partial charge on any atom is -0.352 e. The summed E-state index contributed by atoms with van der Waals surface area (Å²) in [6.07, 6.45) is 0. The fourth-order valence-electron chi connectivity index (χ4n) is 4.36. The maximum Gasteiger partial charge on any atom is 0.143 e. The van der Waals surface area contributed by atoms with Gasteiger partial charge in [-0.1, -0.05) is 60.7 Å². The molecule has 37 heavy (non-hydrogen) atoms. The van der Waals surface area contributed by atoms with E-state index < -0.39 is 0 Å². The largest absolute Gasteiger partial charge is 0.352 e. The number of aromatic nitrogens is 3. The number of hydrogen-bond acceptors (Lipinski definition) is 6. The minimum atomic E-state index is 0.920. The summed E-state index contributed by atoms with van der Waals surface area (Å²) in [5.74, 6) is 0. The van der Waals surface area contributed by atoms with Crippen molar-refractivity contribution in [2.24, 2.45) is 0 Å². The van der Waals surface area contributed by atoms with Gasteiger partial charge in [0.15, 0.2) is 0 Å². The highest BCUT2D eigenvalue weighted by Crippen LogP contribution is 2.47. The number of rotatable bonds is 6. The summed E-state index contributed by atoms with van der Waals surface area (Å²) in [7, 11) is 0. The monoisotopic (exact) mass is 515 g/mol. The predicted octanol–water partition coefficient (Wildman–Crippen LogP) is 9.06. The smallest absolute Gasteiger partial charge is 0.143 e. The van der Waals surface area contributed by atoms with Crippen molar-refractivity contribution in [2.45, 2.75) is 0 Å². The Hall–Kier alpha value is -4.46. The Bertz CT molecular complexity index is 1630. The van der Waals surface area contributed by atoms with Gasteiger partial charge in [0, 0.05) is 11.4 Å². The standard InChI is InChI=1S/C30H21N5S2/c1-3-11-19(12-4-1)31-25-26(32-20-13-5-2-6-14-20)28(30-34-22-16-8-10-18-24(22)37-30)35-27(25)29-33-21-15-7-9-17-23(21)36-29/h1-18,31-32,35H. The molecule has 0 atom stereocenters. The number of anilines is 4. The van der Waals surface area contributed by atoms with E-state index >= 15 is 0 Å². The number of aromatic amines is 1. The second-order valence-electron chi connectivity index (χ2n) is 8.58. The van der Waals surface area contributed by atoms with Crippen LogP contribution in [0, 0.1) is 0 Å². The van der Waals surface area contributed by atoms with Crippen LogP contribution in [-0.4, -0.2) is 15.0 Å². The molecule has 0 aliphatic rings. The zero-order valence-electron chi connectivity index (χ0n) is 19.6. The molecule has 5 nitrogen and oxygen atoms in total. The zero-order chi connectivity index (χ0) is 24.6. The van der Waals surface area contributed by atoms with Gasteiger partial charge in [0.1, 0.15) is 21.4 Å². The molecule has 0 aliphatic carbocycles. The van der Waals surface area contributed by atoms with Gasteiger partial charge in [0.05, 0.1) is 31.8 Å². The van der Waals surface area contributed by atoms with Gasteiger partial charge in [-0.25, -0.2) is 9.97 Å². The molecule has 0 amide bonds. The highest BCUT2D eigenvalue weighted by Gasteiger charge is 2.24. The Kier molecular flexibility index (Phi) is 5.42. The Morgan fingerprint density at radius 2 is 0.892 bits per heavy atom. The van der Waals surface area contributed by atoms with Crippen LogP contribution in [0.2, 0.25) is 0 Å². The zero-order valence-corrected chi connectivity index (χ0v) is 21.2. The third kappa shape index (κ3) is 4.14. The number of nitrogens with one attached hydrogen (secondary N) is 3. The Morgan fingerprint density at radius 3 is 1.32 bits per heavy atom. The van der Waals surface area contributed by atoms with Crippen molar-refractivity contribution in [3.05, 3.63) is 109 Å². The minimum absolute atomic E-state index is 0.920. The van der Waals surface area contributed by atoms with Crippen LogP contribution in [0.4, 0.5) is 22.7 Å². The van der Waals surface area contributed by atoms with E-state index in [2.05, 4.69) is 76.3 Å². The van der Waals surface area contributed by atoms with Crippen molar-refractivity contribution in [2.75, 3.05) is 10.6 Å². The lowest BCUT2D eigenvalue weighted by Gasteiger charge is -2.12. The second kappa shape index (κ2) is 9.20. The van der Waals surface area contributed by atoms with Gasteiger partial charge < -0.3 is 15.6 Å². The predicted molar refractivity (Wildman–Crippen MR) is 157 cm³/mol. The molecule has 7 heteroatoms. The van der Waals surface area contributed by atoms with Gasteiger partial charge in [-0.2, -0.15) is 0 Å². The van der Waals surface area contributed by atoms with Crippen LogP contribution in [-0.2, 0) is 0 Å². The average molecular weight is 516 g/mol. The van der Waals surface area contributed by atoms with E-state index in [1.165, 1.54) is 0 Å². The van der Waals surface area contributed by atoms with E-state index in [9.17, 15) is 0 Å². The van der Waals surface area contributed by atoms with Gasteiger partial charge in [-0.05, 0) is 48.5 Å². The molecule has 0 radical (unpaired) electrons.